The molecule has 0 aliphatic heterocycles. The molecule has 1 aliphatic rings. The van der Waals surface area contributed by atoms with Crippen molar-refractivity contribution in [3.05, 3.63) is 41.0 Å². The highest BCUT2D eigenvalue weighted by atomic mass is 19.1. The Balaban J connectivity index is 2.71. The van der Waals surface area contributed by atoms with E-state index >= 15 is 0 Å². The number of allylic oxidation sites excluding steroid dienone is 2. The van der Waals surface area contributed by atoms with Gasteiger partial charge >= 0.3 is 0 Å². The SMILES string of the molecule is CC1=CCc2c(F)ccc(F)c21. The summed E-state index contributed by atoms with van der Waals surface area (Å²) in [6.45, 7) is 1.80. The summed E-state index contributed by atoms with van der Waals surface area (Å²) in [4.78, 5) is 0. The van der Waals surface area contributed by atoms with Crippen LogP contribution in [0.25, 0.3) is 5.57 Å². The van der Waals surface area contributed by atoms with E-state index in [4.69, 9.17) is 0 Å². The maximum absolute atomic E-state index is 13.1. The van der Waals surface area contributed by atoms with Crippen LogP contribution in [0.1, 0.15) is 18.1 Å². The molecule has 0 nitrogen and oxygen atoms in total. The van der Waals surface area contributed by atoms with Crippen LogP contribution < -0.4 is 0 Å². The van der Waals surface area contributed by atoms with Gasteiger partial charge in [0.15, 0.2) is 0 Å². The number of hydrogen-bond donors (Lipinski definition) is 0. The van der Waals surface area contributed by atoms with Gasteiger partial charge in [-0.05, 0) is 31.1 Å². The van der Waals surface area contributed by atoms with Gasteiger partial charge in [-0.15, -0.1) is 0 Å². The van der Waals surface area contributed by atoms with Crippen LogP contribution >= 0.6 is 0 Å². The summed E-state index contributed by atoms with van der Waals surface area (Å²) in [6, 6.07) is 2.36. The van der Waals surface area contributed by atoms with E-state index in [1.165, 1.54) is 12.1 Å². The lowest BCUT2D eigenvalue weighted by atomic mass is 10.1. The molecule has 0 N–H and O–H groups in total. The van der Waals surface area contributed by atoms with Gasteiger partial charge in [0.1, 0.15) is 11.6 Å². The predicted octanol–water partition coefficient (Wildman–Crippen LogP) is 2.92. The molecule has 0 bridgehead atoms. The molecule has 0 saturated carbocycles. The molecule has 0 aromatic heterocycles. The van der Waals surface area contributed by atoms with Crippen molar-refractivity contribution in [3.8, 4) is 0 Å². The van der Waals surface area contributed by atoms with Gasteiger partial charge in [-0.1, -0.05) is 6.08 Å². The minimum Gasteiger partial charge on any atom is -0.207 e. The third kappa shape index (κ3) is 0.876. The fourth-order valence-electron chi connectivity index (χ4n) is 1.58. The van der Waals surface area contributed by atoms with Gasteiger partial charge in [0.25, 0.3) is 0 Å². The van der Waals surface area contributed by atoms with Crippen LogP contribution in [-0.4, -0.2) is 0 Å². The van der Waals surface area contributed by atoms with Crippen molar-refractivity contribution in [1.29, 1.82) is 0 Å². The Labute approximate surface area is 69.5 Å². The second-order valence-corrected chi connectivity index (χ2v) is 2.97. The zero-order chi connectivity index (χ0) is 8.72. The summed E-state index contributed by atoms with van der Waals surface area (Å²) in [5.41, 5.74) is 1.78. The van der Waals surface area contributed by atoms with E-state index in [1.807, 2.05) is 6.08 Å². The summed E-state index contributed by atoms with van der Waals surface area (Å²) < 4.78 is 26.2. The number of hydrogen-bond acceptors (Lipinski definition) is 0. The van der Waals surface area contributed by atoms with Crippen molar-refractivity contribution in [3.63, 3.8) is 0 Å². The standard InChI is InChI=1S/C10H8F2/c1-6-2-3-7-8(11)4-5-9(12)10(6)7/h2,4-5H,3H2,1H3. The van der Waals surface area contributed by atoms with E-state index in [0.717, 1.165) is 5.57 Å². The van der Waals surface area contributed by atoms with Gasteiger partial charge in [-0.2, -0.15) is 0 Å². The van der Waals surface area contributed by atoms with Crippen molar-refractivity contribution in [2.75, 3.05) is 0 Å². The van der Waals surface area contributed by atoms with Crippen LogP contribution in [-0.2, 0) is 6.42 Å². The summed E-state index contributed by atoms with van der Waals surface area (Å²) in [5.74, 6) is -0.628. The zero-order valence-electron chi connectivity index (χ0n) is 6.70. The fourth-order valence-corrected chi connectivity index (χ4v) is 1.58. The van der Waals surface area contributed by atoms with E-state index in [2.05, 4.69) is 0 Å². The van der Waals surface area contributed by atoms with E-state index in [-0.39, 0.29) is 11.6 Å². The number of rotatable bonds is 0. The number of fused-ring (bicyclic) bond motifs is 1. The first kappa shape index (κ1) is 7.47. The lowest BCUT2D eigenvalue weighted by Crippen LogP contribution is -1.93. The maximum Gasteiger partial charge on any atom is 0.131 e. The van der Waals surface area contributed by atoms with E-state index in [1.54, 1.807) is 6.92 Å². The zero-order valence-corrected chi connectivity index (χ0v) is 6.70. The molecule has 0 amide bonds. The molecule has 0 fully saturated rings. The third-order valence-electron chi connectivity index (χ3n) is 2.21. The molecule has 1 aliphatic carbocycles. The van der Waals surface area contributed by atoms with Crippen molar-refractivity contribution >= 4 is 5.57 Å². The first-order valence-corrected chi connectivity index (χ1v) is 3.84. The minimum absolute atomic E-state index is 0.306. The van der Waals surface area contributed by atoms with E-state index in [9.17, 15) is 8.78 Å². The highest BCUT2D eigenvalue weighted by Crippen LogP contribution is 2.30. The third-order valence-corrected chi connectivity index (χ3v) is 2.21. The van der Waals surface area contributed by atoms with Crippen LogP contribution in [0.2, 0.25) is 0 Å². The Morgan fingerprint density at radius 2 is 1.83 bits per heavy atom. The van der Waals surface area contributed by atoms with Crippen molar-refractivity contribution in [2.45, 2.75) is 13.3 Å². The minimum atomic E-state index is -0.322. The molecular weight excluding hydrogens is 158 g/mol. The van der Waals surface area contributed by atoms with Gasteiger partial charge in [-0.25, -0.2) is 8.78 Å². The molecule has 2 heteroatoms. The molecule has 0 atom stereocenters. The average molecular weight is 166 g/mol. The average Bonchev–Trinajstić information content (AvgIpc) is 2.42. The summed E-state index contributed by atoms with van der Waals surface area (Å²) in [5, 5.41) is 0. The van der Waals surface area contributed by atoms with Crippen molar-refractivity contribution < 1.29 is 8.78 Å². The lowest BCUT2D eigenvalue weighted by molar-refractivity contribution is 0.588. The maximum atomic E-state index is 13.1. The summed E-state index contributed by atoms with van der Waals surface area (Å²) >= 11 is 0. The van der Waals surface area contributed by atoms with Gasteiger partial charge in [-0.3, -0.25) is 0 Å². The first-order valence-electron chi connectivity index (χ1n) is 3.84. The number of benzene rings is 1. The molecule has 2 rings (SSSR count). The van der Waals surface area contributed by atoms with Gasteiger partial charge in [0.05, 0.1) is 0 Å². The van der Waals surface area contributed by atoms with E-state index in [0.29, 0.717) is 17.5 Å². The molecule has 1 aromatic carbocycles. The van der Waals surface area contributed by atoms with Gasteiger partial charge in [0, 0.05) is 11.1 Å². The Hall–Kier alpha value is -1.18. The largest absolute Gasteiger partial charge is 0.207 e. The second-order valence-electron chi connectivity index (χ2n) is 2.97. The van der Waals surface area contributed by atoms with Crippen molar-refractivity contribution in [2.24, 2.45) is 0 Å². The van der Waals surface area contributed by atoms with E-state index < -0.39 is 0 Å². The summed E-state index contributed by atoms with van der Waals surface area (Å²) in [7, 11) is 0. The van der Waals surface area contributed by atoms with Crippen LogP contribution in [0, 0.1) is 11.6 Å². The Kier molecular flexibility index (Phi) is 1.50. The first-order chi connectivity index (χ1) is 5.70. The molecule has 0 saturated heterocycles. The molecule has 62 valence electrons. The molecule has 1 aromatic rings. The molecule has 0 unspecified atom stereocenters. The topological polar surface area (TPSA) is 0 Å². The summed E-state index contributed by atoms with van der Waals surface area (Å²) in [6.07, 6.45) is 2.36. The monoisotopic (exact) mass is 166 g/mol. The molecule has 0 spiro atoms. The highest BCUT2D eigenvalue weighted by Gasteiger charge is 2.18. The molecule has 0 radical (unpaired) electrons. The second kappa shape index (κ2) is 2.41. The van der Waals surface area contributed by atoms with Gasteiger partial charge in [0.2, 0.25) is 0 Å². The smallest absolute Gasteiger partial charge is 0.131 e. The lowest BCUT2D eigenvalue weighted by Gasteiger charge is -2.03. The van der Waals surface area contributed by atoms with Crippen LogP contribution in [0.15, 0.2) is 18.2 Å². The highest BCUT2D eigenvalue weighted by molar-refractivity contribution is 5.72. The predicted molar refractivity (Wildman–Crippen MR) is 43.7 cm³/mol. The van der Waals surface area contributed by atoms with Crippen LogP contribution in [0.4, 0.5) is 8.78 Å². The molecule has 0 heterocycles. The van der Waals surface area contributed by atoms with Crippen LogP contribution in [0.3, 0.4) is 0 Å². The Morgan fingerprint density at radius 1 is 1.17 bits per heavy atom. The van der Waals surface area contributed by atoms with Crippen LogP contribution in [0.5, 0.6) is 0 Å². The Morgan fingerprint density at radius 3 is 2.50 bits per heavy atom. The molecular formula is C10H8F2. The number of halogens is 2. The van der Waals surface area contributed by atoms with Gasteiger partial charge < -0.3 is 0 Å². The molecule has 12 heavy (non-hydrogen) atoms. The quantitative estimate of drug-likeness (QED) is 0.555. The normalized spacial score (nSPS) is 14.4. The Bertz CT molecular complexity index is 364. The van der Waals surface area contributed by atoms with Crippen molar-refractivity contribution in [1.82, 2.24) is 0 Å². The fraction of sp³-hybridized carbons (Fsp3) is 0.200.